The minimum absolute atomic E-state index is 0.326. The monoisotopic (exact) mass is 246 g/mol. The molecule has 1 aliphatic rings. The highest BCUT2D eigenvalue weighted by Crippen LogP contribution is 2.29. The Balaban J connectivity index is 2.03. The van der Waals surface area contributed by atoms with Crippen molar-refractivity contribution in [2.24, 2.45) is 5.92 Å². The standard InChI is InChI=1S/C15H19FN2/c1-2-11-4-3-5-13(8-11)18-15-7-6-12(10-17)9-14(15)16/h6-7,9,11,13,18H,2-5,8H2,1H3. The van der Waals surface area contributed by atoms with Gasteiger partial charge < -0.3 is 5.32 Å². The van der Waals surface area contributed by atoms with Gasteiger partial charge in [0.1, 0.15) is 5.82 Å². The summed E-state index contributed by atoms with van der Waals surface area (Å²) in [5, 5.41) is 12.0. The molecule has 2 unspecified atom stereocenters. The maximum Gasteiger partial charge on any atom is 0.147 e. The first-order valence-corrected chi connectivity index (χ1v) is 6.69. The van der Waals surface area contributed by atoms with Crippen LogP contribution in [0.15, 0.2) is 18.2 Å². The van der Waals surface area contributed by atoms with Crippen molar-refractivity contribution in [2.75, 3.05) is 5.32 Å². The normalized spacial score (nSPS) is 23.4. The highest BCUT2D eigenvalue weighted by molar-refractivity contribution is 5.49. The average molecular weight is 246 g/mol. The fourth-order valence-electron chi connectivity index (χ4n) is 2.71. The number of rotatable bonds is 3. The number of anilines is 1. The number of nitrogens with one attached hydrogen (secondary N) is 1. The Morgan fingerprint density at radius 2 is 2.28 bits per heavy atom. The van der Waals surface area contributed by atoms with Gasteiger partial charge >= 0.3 is 0 Å². The van der Waals surface area contributed by atoms with Gasteiger partial charge in [-0.1, -0.05) is 26.2 Å². The van der Waals surface area contributed by atoms with E-state index in [-0.39, 0.29) is 5.82 Å². The molecule has 0 aliphatic heterocycles. The Kier molecular flexibility index (Phi) is 4.19. The number of nitriles is 1. The molecule has 0 radical (unpaired) electrons. The number of hydrogen-bond donors (Lipinski definition) is 1. The lowest BCUT2D eigenvalue weighted by Gasteiger charge is -2.30. The van der Waals surface area contributed by atoms with Crippen molar-refractivity contribution in [3.05, 3.63) is 29.6 Å². The molecule has 1 aromatic carbocycles. The summed E-state index contributed by atoms with van der Waals surface area (Å²) in [5.74, 6) is 0.436. The number of hydrogen-bond acceptors (Lipinski definition) is 2. The topological polar surface area (TPSA) is 35.8 Å². The predicted molar refractivity (Wildman–Crippen MR) is 70.8 cm³/mol. The van der Waals surface area contributed by atoms with Gasteiger partial charge in [0.15, 0.2) is 0 Å². The zero-order valence-electron chi connectivity index (χ0n) is 10.7. The van der Waals surface area contributed by atoms with Crippen molar-refractivity contribution in [3.8, 4) is 6.07 Å². The third-order valence-electron chi connectivity index (χ3n) is 3.82. The van der Waals surface area contributed by atoms with Crippen molar-refractivity contribution in [2.45, 2.75) is 45.1 Å². The molecule has 1 N–H and O–H groups in total. The van der Waals surface area contributed by atoms with Crippen LogP contribution in [0.3, 0.4) is 0 Å². The first-order chi connectivity index (χ1) is 8.72. The molecule has 1 aliphatic carbocycles. The van der Waals surface area contributed by atoms with Crippen LogP contribution in [0.1, 0.15) is 44.6 Å². The molecule has 0 amide bonds. The van der Waals surface area contributed by atoms with Gasteiger partial charge in [0.25, 0.3) is 0 Å². The Labute approximate surface area is 108 Å². The first kappa shape index (κ1) is 12.9. The van der Waals surface area contributed by atoms with Crippen molar-refractivity contribution in [1.82, 2.24) is 0 Å². The quantitative estimate of drug-likeness (QED) is 0.872. The lowest BCUT2D eigenvalue weighted by Crippen LogP contribution is -2.27. The lowest BCUT2D eigenvalue weighted by atomic mass is 9.84. The van der Waals surface area contributed by atoms with Crippen LogP contribution in [0.25, 0.3) is 0 Å². The summed E-state index contributed by atoms with van der Waals surface area (Å²) in [6.07, 6.45) is 5.94. The van der Waals surface area contributed by atoms with E-state index in [1.54, 1.807) is 12.1 Å². The number of halogens is 1. The second kappa shape index (κ2) is 5.86. The van der Waals surface area contributed by atoms with Gasteiger partial charge in [-0.2, -0.15) is 5.26 Å². The van der Waals surface area contributed by atoms with Crippen molar-refractivity contribution < 1.29 is 4.39 Å². The Bertz CT molecular complexity index is 450. The Hall–Kier alpha value is -1.56. The van der Waals surface area contributed by atoms with Gasteiger partial charge in [0.05, 0.1) is 17.3 Å². The molecule has 2 rings (SSSR count). The van der Waals surface area contributed by atoms with Crippen LogP contribution in [0.4, 0.5) is 10.1 Å². The molecular weight excluding hydrogens is 227 g/mol. The maximum absolute atomic E-state index is 13.8. The maximum atomic E-state index is 13.8. The molecule has 0 heterocycles. The summed E-state index contributed by atoms with van der Waals surface area (Å²) >= 11 is 0. The molecule has 1 aromatic rings. The molecule has 0 bridgehead atoms. The van der Waals surface area contributed by atoms with E-state index in [1.807, 2.05) is 6.07 Å². The highest BCUT2D eigenvalue weighted by atomic mass is 19.1. The minimum atomic E-state index is -0.326. The van der Waals surface area contributed by atoms with E-state index in [0.717, 1.165) is 18.8 Å². The molecule has 96 valence electrons. The smallest absolute Gasteiger partial charge is 0.147 e. The van der Waals surface area contributed by atoms with Crippen LogP contribution < -0.4 is 5.32 Å². The summed E-state index contributed by atoms with van der Waals surface area (Å²) in [4.78, 5) is 0. The zero-order chi connectivity index (χ0) is 13.0. The number of benzene rings is 1. The molecule has 2 atom stereocenters. The summed E-state index contributed by atoms with van der Waals surface area (Å²) in [6.45, 7) is 2.22. The fourth-order valence-corrected chi connectivity index (χ4v) is 2.71. The predicted octanol–water partition coefficient (Wildman–Crippen LogP) is 4.08. The molecule has 0 saturated heterocycles. The second-order valence-electron chi connectivity index (χ2n) is 5.09. The largest absolute Gasteiger partial charge is 0.380 e. The minimum Gasteiger partial charge on any atom is -0.380 e. The zero-order valence-corrected chi connectivity index (χ0v) is 10.7. The lowest BCUT2D eigenvalue weighted by molar-refractivity contribution is 0.327. The summed E-state index contributed by atoms with van der Waals surface area (Å²) < 4.78 is 13.8. The van der Waals surface area contributed by atoms with E-state index in [2.05, 4.69) is 12.2 Å². The second-order valence-corrected chi connectivity index (χ2v) is 5.09. The first-order valence-electron chi connectivity index (χ1n) is 6.69. The van der Waals surface area contributed by atoms with Crippen LogP contribution >= 0.6 is 0 Å². The van der Waals surface area contributed by atoms with E-state index >= 15 is 0 Å². The molecule has 0 spiro atoms. The average Bonchev–Trinajstić information content (AvgIpc) is 2.41. The SMILES string of the molecule is CCC1CCCC(Nc2ccc(C#N)cc2F)C1. The highest BCUT2D eigenvalue weighted by Gasteiger charge is 2.21. The van der Waals surface area contributed by atoms with E-state index in [0.29, 0.717) is 17.3 Å². The van der Waals surface area contributed by atoms with Crippen molar-refractivity contribution >= 4 is 5.69 Å². The summed E-state index contributed by atoms with van der Waals surface area (Å²) in [6, 6.07) is 6.94. The van der Waals surface area contributed by atoms with Gasteiger partial charge in [-0.25, -0.2) is 4.39 Å². The van der Waals surface area contributed by atoms with Crippen LogP contribution in [0, 0.1) is 23.1 Å². The Morgan fingerprint density at radius 3 is 2.94 bits per heavy atom. The molecule has 3 heteroatoms. The van der Waals surface area contributed by atoms with Gasteiger partial charge in [0, 0.05) is 6.04 Å². The molecule has 18 heavy (non-hydrogen) atoms. The van der Waals surface area contributed by atoms with E-state index < -0.39 is 0 Å². The van der Waals surface area contributed by atoms with Crippen LogP contribution in [0.5, 0.6) is 0 Å². The molecular formula is C15H19FN2. The molecule has 1 fully saturated rings. The van der Waals surface area contributed by atoms with Crippen molar-refractivity contribution in [1.29, 1.82) is 5.26 Å². The van der Waals surface area contributed by atoms with Crippen molar-refractivity contribution in [3.63, 3.8) is 0 Å². The number of nitrogens with zero attached hydrogens (tertiary/aromatic N) is 1. The van der Waals surface area contributed by atoms with Gasteiger partial charge in [-0.3, -0.25) is 0 Å². The van der Waals surface area contributed by atoms with Crippen LogP contribution in [-0.2, 0) is 0 Å². The summed E-state index contributed by atoms with van der Waals surface area (Å²) in [7, 11) is 0. The van der Waals surface area contributed by atoms with E-state index in [1.165, 1.54) is 25.3 Å². The van der Waals surface area contributed by atoms with Gasteiger partial charge in [-0.15, -0.1) is 0 Å². The third-order valence-corrected chi connectivity index (χ3v) is 3.82. The molecule has 1 saturated carbocycles. The van der Waals surface area contributed by atoms with Gasteiger partial charge in [0.2, 0.25) is 0 Å². The summed E-state index contributed by atoms with van der Waals surface area (Å²) in [5.41, 5.74) is 0.892. The third kappa shape index (κ3) is 3.01. The Morgan fingerprint density at radius 1 is 1.44 bits per heavy atom. The molecule has 0 aromatic heterocycles. The van der Waals surface area contributed by atoms with Gasteiger partial charge in [-0.05, 0) is 37.0 Å². The van der Waals surface area contributed by atoms with E-state index in [9.17, 15) is 4.39 Å². The van der Waals surface area contributed by atoms with E-state index in [4.69, 9.17) is 5.26 Å². The van der Waals surface area contributed by atoms with Crippen LogP contribution in [-0.4, -0.2) is 6.04 Å². The fraction of sp³-hybridized carbons (Fsp3) is 0.533. The van der Waals surface area contributed by atoms with Crippen LogP contribution in [0.2, 0.25) is 0 Å². The molecule has 2 nitrogen and oxygen atoms in total.